The molecule has 0 bridgehead atoms. The van der Waals surface area contributed by atoms with Crippen LogP contribution in [0.4, 0.5) is 5.69 Å². The summed E-state index contributed by atoms with van der Waals surface area (Å²) in [5, 5.41) is 4.24. The van der Waals surface area contributed by atoms with Crippen LogP contribution in [0.15, 0.2) is 22.7 Å². The van der Waals surface area contributed by atoms with Gasteiger partial charge in [-0.1, -0.05) is 11.6 Å². The third-order valence-electron chi connectivity index (χ3n) is 3.71. The minimum atomic E-state index is 0.787. The van der Waals surface area contributed by atoms with Gasteiger partial charge in [0.25, 0.3) is 0 Å². The summed E-state index contributed by atoms with van der Waals surface area (Å²) in [7, 11) is 0. The van der Waals surface area contributed by atoms with E-state index in [2.05, 4.69) is 52.7 Å². The maximum absolute atomic E-state index is 6.19. The van der Waals surface area contributed by atoms with Crippen LogP contribution in [-0.2, 0) is 13.1 Å². The second-order valence-electron chi connectivity index (χ2n) is 5.08. The molecule has 0 aliphatic carbocycles. The Morgan fingerprint density at radius 3 is 2.50 bits per heavy atom. The molecule has 0 unspecified atom stereocenters. The van der Waals surface area contributed by atoms with Crippen LogP contribution in [0.2, 0.25) is 5.02 Å². The van der Waals surface area contributed by atoms with Crippen LogP contribution >= 0.6 is 27.5 Å². The molecular formula is C16H20BrClN2. The molecule has 2 aromatic rings. The first-order valence-corrected chi connectivity index (χ1v) is 7.96. The summed E-state index contributed by atoms with van der Waals surface area (Å²) in [6.45, 7) is 10.3. The maximum atomic E-state index is 6.19. The Morgan fingerprint density at radius 1 is 1.20 bits per heavy atom. The second kappa shape index (κ2) is 6.23. The fraction of sp³-hybridized carbons (Fsp3) is 0.375. The Balaban J connectivity index is 2.19. The normalized spacial score (nSPS) is 10.9. The lowest BCUT2D eigenvalue weighted by Gasteiger charge is -2.11. The van der Waals surface area contributed by atoms with Crippen LogP contribution in [0, 0.1) is 20.8 Å². The molecule has 1 heterocycles. The van der Waals surface area contributed by atoms with Crippen LogP contribution in [0.5, 0.6) is 0 Å². The van der Waals surface area contributed by atoms with Gasteiger partial charge in [-0.25, -0.2) is 0 Å². The van der Waals surface area contributed by atoms with Gasteiger partial charge >= 0.3 is 0 Å². The molecular weight excluding hydrogens is 336 g/mol. The van der Waals surface area contributed by atoms with Crippen molar-refractivity contribution in [3.8, 4) is 0 Å². The van der Waals surface area contributed by atoms with Crippen LogP contribution in [0.1, 0.15) is 29.4 Å². The van der Waals surface area contributed by atoms with Gasteiger partial charge < -0.3 is 9.88 Å². The van der Waals surface area contributed by atoms with Gasteiger partial charge in [0.15, 0.2) is 0 Å². The van der Waals surface area contributed by atoms with Crippen molar-refractivity contribution in [3.05, 3.63) is 50.2 Å². The Morgan fingerprint density at radius 2 is 1.90 bits per heavy atom. The molecule has 108 valence electrons. The predicted molar refractivity (Wildman–Crippen MR) is 90.8 cm³/mol. The largest absolute Gasteiger partial charge is 0.380 e. The average molecular weight is 356 g/mol. The minimum Gasteiger partial charge on any atom is -0.380 e. The Kier molecular flexibility index (Phi) is 4.82. The van der Waals surface area contributed by atoms with E-state index in [0.29, 0.717) is 0 Å². The highest BCUT2D eigenvalue weighted by Gasteiger charge is 2.09. The average Bonchev–Trinajstić information content (AvgIpc) is 2.66. The van der Waals surface area contributed by atoms with Crippen molar-refractivity contribution in [2.24, 2.45) is 0 Å². The molecule has 20 heavy (non-hydrogen) atoms. The molecule has 4 heteroatoms. The lowest BCUT2D eigenvalue weighted by atomic mass is 10.2. The van der Waals surface area contributed by atoms with Crippen molar-refractivity contribution in [1.82, 2.24) is 4.57 Å². The Bertz CT molecular complexity index is 632. The smallest absolute Gasteiger partial charge is 0.0502 e. The zero-order valence-corrected chi connectivity index (χ0v) is 14.7. The van der Waals surface area contributed by atoms with E-state index < -0.39 is 0 Å². The summed E-state index contributed by atoms with van der Waals surface area (Å²) in [6, 6.07) is 6.26. The molecule has 0 radical (unpaired) electrons. The van der Waals surface area contributed by atoms with Gasteiger partial charge in [0, 0.05) is 34.0 Å². The number of rotatable bonds is 4. The van der Waals surface area contributed by atoms with Crippen molar-refractivity contribution in [3.63, 3.8) is 0 Å². The summed E-state index contributed by atoms with van der Waals surface area (Å²) in [5.74, 6) is 0. The topological polar surface area (TPSA) is 17.0 Å². The molecule has 1 aromatic carbocycles. The molecule has 0 spiro atoms. The van der Waals surface area contributed by atoms with E-state index in [4.69, 9.17) is 11.6 Å². The summed E-state index contributed by atoms with van der Waals surface area (Å²) < 4.78 is 3.37. The number of hydrogen-bond donors (Lipinski definition) is 1. The minimum absolute atomic E-state index is 0.787. The lowest BCUT2D eigenvalue weighted by molar-refractivity contribution is 0.715. The van der Waals surface area contributed by atoms with E-state index in [0.717, 1.165) is 33.8 Å². The molecule has 0 saturated carbocycles. The van der Waals surface area contributed by atoms with E-state index in [-0.39, 0.29) is 0 Å². The highest BCUT2D eigenvalue weighted by atomic mass is 79.9. The number of hydrogen-bond acceptors (Lipinski definition) is 1. The number of aromatic nitrogens is 1. The SMILES string of the molecule is CCn1c(C)cc(CNc2cc(Cl)c(C)cc2Br)c1C. The standard InChI is InChI=1S/C16H20BrClN2/c1-5-20-11(3)7-13(12(20)4)9-19-16-8-15(18)10(2)6-14(16)17/h6-8,19H,5,9H2,1-4H3. The van der Waals surface area contributed by atoms with E-state index in [1.165, 1.54) is 17.0 Å². The molecule has 1 N–H and O–H groups in total. The monoisotopic (exact) mass is 354 g/mol. The molecule has 0 atom stereocenters. The number of benzene rings is 1. The summed E-state index contributed by atoms with van der Waals surface area (Å²) in [6.07, 6.45) is 0. The van der Waals surface area contributed by atoms with Crippen LogP contribution in [-0.4, -0.2) is 4.57 Å². The highest BCUT2D eigenvalue weighted by Crippen LogP contribution is 2.29. The third-order valence-corrected chi connectivity index (χ3v) is 4.78. The summed E-state index contributed by atoms with van der Waals surface area (Å²) >= 11 is 9.77. The lowest BCUT2D eigenvalue weighted by Crippen LogP contribution is -2.03. The van der Waals surface area contributed by atoms with Crippen molar-refractivity contribution >= 4 is 33.2 Å². The fourth-order valence-electron chi connectivity index (χ4n) is 2.51. The molecule has 2 rings (SSSR count). The number of nitrogens with one attached hydrogen (secondary N) is 1. The number of aryl methyl sites for hydroxylation is 2. The predicted octanol–water partition coefficient (Wildman–Crippen LogP) is 5.46. The van der Waals surface area contributed by atoms with Gasteiger partial charge in [0.1, 0.15) is 0 Å². The van der Waals surface area contributed by atoms with Gasteiger partial charge in [0.2, 0.25) is 0 Å². The summed E-state index contributed by atoms with van der Waals surface area (Å²) in [4.78, 5) is 0. The first-order chi connectivity index (χ1) is 9.43. The maximum Gasteiger partial charge on any atom is 0.0502 e. The molecule has 2 nitrogen and oxygen atoms in total. The molecule has 0 fully saturated rings. The molecule has 0 aliphatic heterocycles. The fourth-order valence-corrected chi connectivity index (χ4v) is 3.27. The van der Waals surface area contributed by atoms with Gasteiger partial charge in [-0.3, -0.25) is 0 Å². The second-order valence-corrected chi connectivity index (χ2v) is 6.34. The van der Waals surface area contributed by atoms with Crippen molar-refractivity contribution < 1.29 is 0 Å². The molecule has 0 saturated heterocycles. The first-order valence-electron chi connectivity index (χ1n) is 6.79. The molecule has 0 aliphatic rings. The molecule has 0 amide bonds. The molecule has 1 aromatic heterocycles. The van der Waals surface area contributed by atoms with Gasteiger partial charge in [-0.15, -0.1) is 0 Å². The number of anilines is 1. The van der Waals surface area contributed by atoms with Gasteiger partial charge in [-0.05, 0) is 73.0 Å². The van der Waals surface area contributed by atoms with Crippen LogP contribution in [0.3, 0.4) is 0 Å². The van der Waals surface area contributed by atoms with E-state index in [1.807, 2.05) is 19.1 Å². The number of halogens is 2. The van der Waals surface area contributed by atoms with Gasteiger partial charge in [-0.2, -0.15) is 0 Å². The van der Waals surface area contributed by atoms with Crippen molar-refractivity contribution in [2.45, 2.75) is 40.8 Å². The Labute approximate surface area is 134 Å². The highest BCUT2D eigenvalue weighted by molar-refractivity contribution is 9.10. The van der Waals surface area contributed by atoms with E-state index in [9.17, 15) is 0 Å². The Hall–Kier alpha value is -0.930. The van der Waals surface area contributed by atoms with Crippen LogP contribution < -0.4 is 5.32 Å². The van der Waals surface area contributed by atoms with Crippen molar-refractivity contribution in [2.75, 3.05) is 5.32 Å². The van der Waals surface area contributed by atoms with Crippen molar-refractivity contribution in [1.29, 1.82) is 0 Å². The summed E-state index contributed by atoms with van der Waals surface area (Å²) in [5.41, 5.74) is 6.07. The van der Waals surface area contributed by atoms with Gasteiger partial charge in [0.05, 0.1) is 5.69 Å². The third kappa shape index (κ3) is 3.04. The zero-order valence-electron chi connectivity index (χ0n) is 12.3. The van der Waals surface area contributed by atoms with E-state index >= 15 is 0 Å². The number of nitrogens with zero attached hydrogens (tertiary/aromatic N) is 1. The van der Waals surface area contributed by atoms with Crippen LogP contribution in [0.25, 0.3) is 0 Å². The van der Waals surface area contributed by atoms with E-state index in [1.54, 1.807) is 0 Å². The zero-order chi connectivity index (χ0) is 14.9. The first kappa shape index (κ1) is 15.5. The quantitative estimate of drug-likeness (QED) is 0.770.